The van der Waals surface area contributed by atoms with Gasteiger partial charge in [0.25, 0.3) is 0 Å². The fraction of sp³-hybridized carbons (Fsp3) is 0.231. The van der Waals surface area contributed by atoms with E-state index in [0.717, 1.165) is 0 Å². The van der Waals surface area contributed by atoms with Crippen LogP contribution in [0.2, 0.25) is 0 Å². The molecule has 1 aromatic carbocycles. The van der Waals surface area contributed by atoms with E-state index in [4.69, 9.17) is 25.9 Å². The molecule has 0 saturated carbocycles. The van der Waals surface area contributed by atoms with Gasteiger partial charge in [0.05, 0.1) is 25.1 Å². The smallest absolute Gasteiger partial charge is 0.411 e. The summed E-state index contributed by atoms with van der Waals surface area (Å²) in [6.07, 6.45) is -0.595. The number of hydrogen-bond donors (Lipinski definition) is 4. The highest BCUT2D eigenvalue weighted by Gasteiger charge is 2.09. The van der Waals surface area contributed by atoms with Crippen molar-refractivity contribution in [2.75, 3.05) is 24.5 Å². The minimum Gasteiger partial charge on any atom is -0.494 e. The zero-order valence-corrected chi connectivity index (χ0v) is 12.1. The monoisotopic (exact) mass is 304 g/mol. The lowest BCUT2D eigenvalue weighted by atomic mass is 10.2. The van der Waals surface area contributed by atoms with Crippen molar-refractivity contribution in [3.8, 4) is 11.8 Å². The summed E-state index contributed by atoms with van der Waals surface area (Å²) in [5.41, 5.74) is 8.42. The molecule has 22 heavy (non-hydrogen) atoms. The minimum atomic E-state index is -0.595. The van der Waals surface area contributed by atoms with Gasteiger partial charge < -0.3 is 15.2 Å². The highest BCUT2D eigenvalue weighted by Crippen LogP contribution is 2.28. The van der Waals surface area contributed by atoms with Gasteiger partial charge >= 0.3 is 6.09 Å². The Hall–Kier alpha value is -3.28. The minimum absolute atomic E-state index is 0.243. The van der Waals surface area contributed by atoms with Crippen molar-refractivity contribution in [3.63, 3.8) is 0 Å². The summed E-state index contributed by atoms with van der Waals surface area (Å²) in [6, 6.07) is 6.42. The van der Waals surface area contributed by atoms with Gasteiger partial charge in [-0.15, -0.1) is 0 Å². The number of ether oxygens (including phenoxy) is 2. The van der Waals surface area contributed by atoms with Gasteiger partial charge in [-0.1, -0.05) is 0 Å². The molecule has 9 nitrogen and oxygen atoms in total. The van der Waals surface area contributed by atoms with Gasteiger partial charge in [0.1, 0.15) is 11.8 Å². The number of nitrogens with zero attached hydrogens (tertiary/aromatic N) is 2. The van der Waals surface area contributed by atoms with Gasteiger partial charge in [0, 0.05) is 6.07 Å². The summed E-state index contributed by atoms with van der Waals surface area (Å²) in [4.78, 5) is 11.4. The molecule has 1 rings (SSSR count). The lowest BCUT2D eigenvalue weighted by Crippen LogP contribution is -2.21. The van der Waals surface area contributed by atoms with Crippen LogP contribution in [-0.4, -0.2) is 31.4 Å². The Morgan fingerprint density at radius 3 is 2.82 bits per heavy atom. The van der Waals surface area contributed by atoms with Crippen LogP contribution in [0.5, 0.6) is 5.75 Å². The number of amides is 1. The summed E-state index contributed by atoms with van der Waals surface area (Å²) in [5.74, 6) is -0.0721. The van der Waals surface area contributed by atoms with E-state index in [0.29, 0.717) is 17.1 Å². The molecular formula is C13H16N6O3. The summed E-state index contributed by atoms with van der Waals surface area (Å²) < 4.78 is 9.93. The second-order valence-corrected chi connectivity index (χ2v) is 3.86. The normalized spacial score (nSPS) is 10.3. The molecule has 0 unspecified atom stereocenters. The summed E-state index contributed by atoms with van der Waals surface area (Å²) in [7, 11) is 1.44. The van der Waals surface area contributed by atoms with Gasteiger partial charge in [-0.3, -0.25) is 16.2 Å². The van der Waals surface area contributed by atoms with E-state index in [-0.39, 0.29) is 12.3 Å². The molecule has 9 heteroatoms. The highest BCUT2D eigenvalue weighted by atomic mass is 16.5. The number of nitriles is 1. The molecule has 0 bridgehead atoms. The molecule has 0 radical (unpaired) electrons. The van der Waals surface area contributed by atoms with E-state index < -0.39 is 11.9 Å². The number of benzene rings is 1. The molecular weight excluding hydrogens is 288 g/mol. The van der Waals surface area contributed by atoms with Crippen LogP contribution in [0.1, 0.15) is 6.92 Å². The Balaban J connectivity index is 2.91. The second kappa shape index (κ2) is 8.11. The Kier molecular flexibility index (Phi) is 6.18. The molecule has 0 aliphatic heterocycles. The van der Waals surface area contributed by atoms with E-state index in [2.05, 4.69) is 15.8 Å². The second-order valence-electron chi connectivity index (χ2n) is 3.86. The summed E-state index contributed by atoms with van der Waals surface area (Å²) in [5, 5.41) is 22.1. The summed E-state index contributed by atoms with van der Waals surface area (Å²) >= 11 is 0. The molecule has 116 valence electrons. The molecule has 0 heterocycles. The fourth-order valence-electron chi connectivity index (χ4n) is 1.41. The first-order valence-corrected chi connectivity index (χ1v) is 6.21. The van der Waals surface area contributed by atoms with Crippen LogP contribution in [0.25, 0.3) is 0 Å². The van der Waals surface area contributed by atoms with E-state index in [9.17, 15) is 4.79 Å². The van der Waals surface area contributed by atoms with Crippen molar-refractivity contribution in [1.82, 2.24) is 0 Å². The standard InChI is InChI=1S/C13H16N6O3/c1-3-22-13(20)17-9-5-4-8(6-11(9)21-2)18-19-10(7-14)12(15)16/h4-6,18H,3H2,1-2H3,(H3,15,16)(H,17,20)/b19-10+. The lowest BCUT2D eigenvalue weighted by Gasteiger charge is -2.11. The molecule has 0 saturated heterocycles. The molecule has 0 aliphatic carbocycles. The van der Waals surface area contributed by atoms with Crippen molar-refractivity contribution in [1.29, 1.82) is 10.7 Å². The Bertz CT molecular complexity index is 635. The van der Waals surface area contributed by atoms with Gasteiger partial charge in [-0.2, -0.15) is 10.4 Å². The van der Waals surface area contributed by atoms with Crippen LogP contribution in [0.3, 0.4) is 0 Å². The average molecular weight is 304 g/mol. The fourth-order valence-corrected chi connectivity index (χ4v) is 1.41. The average Bonchev–Trinajstić information content (AvgIpc) is 2.49. The predicted octanol–water partition coefficient (Wildman–Crippen LogP) is 1.49. The Morgan fingerprint density at radius 2 is 2.27 bits per heavy atom. The Morgan fingerprint density at radius 1 is 1.55 bits per heavy atom. The SMILES string of the molecule is CCOC(=O)Nc1ccc(N/N=C(\C#N)C(=N)N)cc1OC. The van der Waals surface area contributed by atoms with Gasteiger partial charge in [0.2, 0.25) is 5.71 Å². The zero-order chi connectivity index (χ0) is 16.5. The van der Waals surface area contributed by atoms with Crippen LogP contribution < -0.4 is 21.2 Å². The molecule has 0 atom stereocenters. The first kappa shape index (κ1) is 16.8. The quantitative estimate of drug-likeness (QED) is 0.356. The first-order chi connectivity index (χ1) is 10.5. The third-order valence-corrected chi connectivity index (χ3v) is 2.37. The van der Waals surface area contributed by atoms with Crippen LogP contribution >= 0.6 is 0 Å². The number of methoxy groups -OCH3 is 1. The van der Waals surface area contributed by atoms with E-state index in [1.807, 2.05) is 0 Å². The summed E-state index contributed by atoms with van der Waals surface area (Å²) in [6.45, 7) is 1.95. The van der Waals surface area contributed by atoms with Crippen LogP contribution in [0, 0.1) is 16.7 Å². The van der Waals surface area contributed by atoms with Crippen molar-refractivity contribution in [3.05, 3.63) is 18.2 Å². The molecule has 0 fully saturated rings. The van der Waals surface area contributed by atoms with Crippen molar-refractivity contribution in [2.24, 2.45) is 10.8 Å². The maximum Gasteiger partial charge on any atom is 0.411 e. The van der Waals surface area contributed by atoms with E-state index in [1.165, 1.54) is 7.11 Å². The van der Waals surface area contributed by atoms with Crippen molar-refractivity contribution < 1.29 is 14.3 Å². The number of hydrazone groups is 1. The molecule has 0 aromatic heterocycles. The van der Waals surface area contributed by atoms with Gasteiger partial charge in [-0.05, 0) is 19.1 Å². The van der Waals surface area contributed by atoms with Gasteiger partial charge in [0.15, 0.2) is 5.84 Å². The number of carbonyl (C=O) groups is 1. The van der Waals surface area contributed by atoms with Gasteiger partial charge in [-0.25, -0.2) is 4.79 Å². The topological polar surface area (TPSA) is 146 Å². The van der Waals surface area contributed by atoms with Crippen LogP contribution in [-0.2, 0) is 4.74 Å². The number of rotatable bonds is 6. The third-order valence-electron chi connectivity index (χ3n) is 2.37. The maximum atomic E-state index is 11.4. The van der Waals surface area contributed by atoms with E-state index in [1.54, 1.807) is 31.2 Å². The number of carbonyl (C=O) groups excluding carboxylic acids is 1. The third kappa shape index (κ3) is 4.68. The number of nitrogens with two attached hydrogens (primary N) is 1. The first-order valence-electron chi connectivity index (χ1n) is 6.21. The number of hydrogen-bond acceptors (Lipinski definition) is 7. The van der Waals surface area contributed by atoms with E-state index >= 15 is 0 Å². The van der Waals surface area contributed by atoms with Crippen molar-refractivity contribution in [2.45, 2.75) is 6.92 Å². The Labute approximate surface area is 127 Å². The van der Waals surface area contributed by atoms with Crippen LogP contribution in [0.15, 0.2) is 23.3 Å². The largest absolute Gasteiger partial charge is 0.494 e. The lowest BCUT2D eigenvalue weighted by molar-refractivity contribution is 0.168. The molecule has 5 N–H and O–H groups in total. The number of nitrogens with one attached hydrogen (secondary N) is 3. The predicted molar refractivity (Wildman–Crippen MR) is 82.2 cm³/mol. The number of amidine groups is 1. The number of anilines is 2. The molecule has 0 spiro atoms. The molecule has 1 aromatic rings. The zero-order valence-electron chi connectivity index (χ0n) is 12.1. The highest BCUT2D eigenvalue weighted by molar-refractivity contribution is 6.45. The molecule has 1 amide bonds. The maximum absolute atomic E-state index is 11.4. The van der Waals surface area contributed by atoms with Crippen LogP contribution in [0.4, 0.5) is 16.2 Å². The molecule has 0 aliphatic rings. The van der Waals surface area contributed by atoms with Crippen molar-refractivity contribution >= 4 is 29.0 Å².